The Morgan fingerprint density at radius 3 is 1.67 bits per heavy atom. The number of aliphatic hydroxyl groups is 3. The molecular weight excluding hydrogens is 120 g/mol. The summed E-state index contributed by atoms with van der Waals surface area (Å²) < 4.78 is 0. The van der Waals surface area contributed by atoms with Crippen LogP contribution in [0.4, 0.5) is 0 Å². The van der Waals surface area contributed by atoms with Gasteiger partial charge in [-0.05, 0) is 6.42 Å². The molecule has 3 nitrogen and oxygen atoms in total. The maximum absolute atomic E-state index is 8.65. The van der Waals surface area contributed by atoms with Crippen LogP contribution in [0.3, 0.4) is 0 Å². The van der Waals surface area contributed by atoms with Crippen molar-refractivity contribution in [2.24, 2.45) is 5.41 Å². The zero-order valence-corrected chi connectivity index (χ0v) is 5.67. The third-order valence-corrected chi connectivity index (χ3v) is 1.48. The van der Waals surface area contributed by atoms with Crippen molar-refractivity contribution in [1.82, 2.24) is 0 Å². The van der Waals surface area contributed by atoms with Crippen molar-refractivity contribution in [3.05, 3.63) is 0 Å². The van der Waals surface area contributed by atoms with Crippen molar-refractivity contribution in [1.29, 1.82) is 0 Å². The van der Waals surface area contributed by atoms with Gasteiger partial charge >= 0.3 is 0 Å². The molecule has 0 aromatic heterocycles. The summed E-state index contributed by atoms with van der Waals surface area (Å²) in [5.74, 6) is 0. The van der Waals surface area contributed by atoms with Crippen LogP contribution in [0.5, 0.6) is 0 Å². The minimum absolute atomic E-state index is 0.0115. The van der Waals surface area contributed by atoms with E-state index in [4.69, 9.17) is 15.3 Å². The van der Waals surface area contributed by atoms with E-state index >= 15 is 0 Å². The zero-order chi connectivity index (χ0) is 7.33. The van der Waals surface area contributed by atoms with Gasteiger partial charge in [-0.25, -0.2) is 0 Å². The molecule has 0 amide bonds. The lowest BCUT2D eigenvalue weighted by atomic mass is 9.89. The fourth-order valence-corrected chi connectivity index (χ4v) is 0.478. The van der Waals surface area contributed by atoms with Crippen molar-refractivity contribution in [3.63, 3.8) is 0 Å². The Morgan fingerprint density at radius 1 is 1.11 bits per heavy atom. The Labute approximate surface area is 54.9 Å². The van der Waals surface area contributed by atoms with E-state index in [0.29, 0.717) is 6.42 Å². The Bertz CT molecular complexity index is 68.7. The molecule has 56 valence electrons. The van der Waals surface area contributed by atoms with Gasteiger partial charge in [0.15, 0.2) is 0 Å². The van der Waals surface area contributed by atoms with Crippen LogP contribution in [0.25, 0.3) is 0 Å². The minimum Gasteiger partial charge on any atom is -0.396 e. The smallest absolute Gasteiger partial charge is 0.0507 e. The van der Waals surface area contributed by atoms with Gasteiger partial charge in [0.2, 0.25) is 0 Å². The van der Waals surface area contributed by atoms with Crippen molar-refractivity contribution in [2.45, 2.75) is 13.3 Å². The molecule has 0 aromatic rings. The van der Waals surface area contributed by atoms with Gasteiger partial charge in [-0.15, -0.1) is 0 Å². The Kier molecular flexibility index (Phi) is 3.77. The maximum atomic E-state index is 8.65. The first-order chi connectivity index (χ1) is 4.18. The summed E-state index contributed by atoms with van der Waals surface area (Å²) >= 11 is 0. The summed E-state index contributed by atoms with van der Waals surface area (Å²) in [6, 6.07) is 0. The first kappa shape index (κ1) is 8.88. The lowest BCUT2D eigenvalue weighted by Crippen LogP contribution is -2.26. The number of aliphatic hydroxyl groups excluding tert-OH is 3. The summed E-state index contributed by atoms with van der Waals surface area (Å²) in [7, 11) is 0. The van der Waals surface area contributed by atoms with Gasteiger partial charge in [-0.2, -0.15) is 0 Å². The Balaban J connectivity index is 3.62. The highest BCUT2D eigenvalue weighted by Crippen LogP contribution is 2.17. The second kappa shape index (κ2) is 3.82. The van der Waals surface area contributed by atoms with E-state index < -0.39 is 5.41 Å². The lowest BCUT2D eigenvalue weighted by Gasteiger charge is -2.22. The van der Waals surface area contributed by atoms with Crippen molar-refractivity contribution in [3.8, 4) is 0 Å². The SMILES string of the molecule is CC(CO)(CO)CCO. The van der Waals surface area contributed by atoms with Gasteiger partial charge in [0.1, 0.15) is 0 Å². The summed E-state index contributed by atoms with van der Waals surface area (Å²) in [6.07, 6.45) is 0.444. The highest BCUT2D eigenvalue weighted by Gasteiger charge is 2.20. The van der Waals surface area contributed by atoms with E-state index in [1.165, 1.54) is 0 Å². The van der Waals surface area contributed by atoms with Crippen LogP contribution < -0.4 is 0 Å². The molecule has 9 heavy (non-hydrogen) atoms. The maximum Gasteiger partial charge on any atom is 0.0507 e. The van der Waals surface area contributed by atoms with E-state index in [1.807, 2.05) is 0 Å². The predicted octanol–water partition coefficient (Wildman–Crippen LogP) is -0.640. The average molecular weight is 134 g/mol. The molecule has 0 spiro atoms. The molecule has 0 aromatic carbocycles. The number of hydrogen-bond acceptors (Lipinski definition) is 3. The fourth-order valence-electron chi connectivity index (χ4n) is 0.478. The second-order valence-electron chi connectivity index (χ2n) is 2.60. The van der Waals surface area contributed by atoms with E-state index in [9.17, 15) is 0 Å². The largest absolute Gasteiger partial charge is 0.396 e. The number of hydrogen-bond donors (Lipinski definition) is 3. The normalized spacial score (nSPS) is 12.0. The monoisotopic (exact) mass is 134 g/mol. The third kappa shape index (κ3) is 2.79. The Morgan fingerprint density at radius 2 is 1.56 bits per heavy atom. The van der Waals surface area contributed by atoms with Crippen LogP contribution in [0.15, 0.2) is 0 Å². The molecule has 3 heteroatoms. The van der Waals surface area contributed by atoms with Gasteiger partial charge in [-0.1, -0.05) is 6.92 Å². The van der Waals surface area contributed by atoms with E-state index in [-0.39, 0.29) is 19.8 Å². The summed E-state index contributed by atoms with van der Waals surface area (Å²) in [4.78, 5) is 0. The van der Waals surface area contributed by atoms with Crippen molar-refractivity contribution >= 4 is 0 Å². The molecule has 0 radical (unpaired) electrons. The van der Waals surface area contributed by atoms with Gasteiger partial charge in [0, 0.05) is 12.0 Å². The third-order valence-electron chi connectivity index (χ3n) is 1.48. The first-order valence-electron chi connectivity index (χ1n) is 3.01. The molecule has 0 aliphatic carbocycles. The molecule has 0 atom stereocenters. The van der Waals surface area contributed by atoms with Crippen LogP contribution >= 0.6 is 0 Å². The standard InChI is InChI=1S/C6H14O3/c1-6(4-8,5-9)2-3-7/h7-9H,2-5H2,1H3. The highest BCUT2D eigenvalue weighted by atomic mass is 16.3. The van der Waals surface area contributed by atoms with Gasteiger partial charge in [0.05, 0.1) is 13.2 Å². The molecule has 0 bridgehead atoms. The molecule has 0 saturated heterocycles. The molecule has 0 fully saturated rings. The van der Waals surface area contributed by atoms with Crippen LogP contribution in [-0.2, 0) is 0 Å². The lowest BCUT2D eigenvalue weighted by molar-refractivity contribution is 0.0474. The van der Waals surface area contributed by atoms with Crippen molar-refractivity contribution in [2.75, 3.05) is 19.8 Å². The quantitative estimate of drug-likeness (QED) is 0.479. The van der Waals surface area contributed by atoms with E-state index in [2.05, 4.69) is 0 Å². The molecule has 0 aliphatic rings. The summed E-state index contributed by atoms with van der Waals surface area (Å²) in [5.41, 5.74) is -0.505. The van der Waals surface area contributed by atoms with Crippen LogP contribution in [0, 0.1) is 5.41 Å². The van der Waals surface area contributed by atoms with Gasteiger partial charge < -0.3 is 15.3 Å². The molecule has 3 N–H and O–H groups in total. The van der Waals surface area contributed by atoms with E-state index in [1.54, 1.807) is 6.92 Å². The minimum atomic E-state index is -0.505. The van der Waals surface area contributed by atoms with Crippen LogP contribution in [0.2, 0.25) is 0 Å². The molecule has 0 heterocycles. The summed E-state index contributed by atoms with van der Waals surface area (Å²) in [5, 5.41) is 25.7. The second-order valence-corrected chi connectivity index (χ2v) is 2.60. The predicted molar refractivity (Wildman–Crippen MR) is 34.0 cm³/mol. The molecule has 0 aliphatic heterocycles. The molecular formula is C6H14O3. The Hall–Kier alpha value is -0.120. The summed E-state index contributed by atoms with van der Waals surface area (Å²) in [6.45, 7) is 1.58. The fraction of sp³-hybridized carbons (Fsp3) is 1.00. The van der Waals surface area contributed by atoms with Crippen molar-refractivity contribution < 1.29 is 15.3 Å². The highest BCUT2D eigenvalue weighted by molar-refractivity contribution is 4.70. The van der Waals surface area contributed by atoms with Gasteiger partial charge in [0.25, 0.3) is 0 Å². The first-order valence-corrected chi connectivity index (χ1v) is 3.01. The topological polar surface area (TPSA) is 60.7 Å². The molecule has 0 rings (SSSR count). The van der Waals surface area contributed by atoms with E-state index in [0.717, 1.165) is 0 Å². The zero-order valence-electron chi connectivity index (χ0n) is 5.67. The van der Waals surface area contributed by atoms with Crippen LogP contribution in [0.1, 0.15) is 13.3 Å². The van der Waals surface area contributed by atoms with Crippen LogP contribution in [-0.4, -0.2) is 35.1 Å². The number of rotatable bonds is 4. The molecule has 0 saturated carbocycles. The molecule has 0 unspecified atom stereocenters. The van der Waals surface area contributed by atoms with Gasteiger partial charge in [-0.3, -0.25) is 0 Å². The average Bonchev–Trinajstić information content (AvgIpc) is 1.89.